The molecule has 0 amide bonds. The normalized spacial score (nSPS) is 10.6. The summed E-state index contributed by atoms with van der Waals surface area (Å²) < 4.78 is 5.46. The summed E-state index contributed by atoms with van der Waals surface area (Å²) in [5, 5.41) is 3.39. The van der Waals surface area contributed by atoms with E-state index in [0.717, 1.165) is 37.6 Å². The number of halogens is 1. The summed E-state index contributed by atoms with van der Waals surface area (Å²) in [4.78, 5) is 0. The lowest BCUT2D eigenvalue weighted by molar-refractivity contribution is 0.406. The van der Waals surface area contributed by atoms with Crippen molar-refractivity contribution in [2.24, 2.45) is 0 Å². The van der Waals surface area contributed by atoms with E-state index < -0.39 is 0 Å². The van der Waals surface area contributed by atoms with Crippen LogP contribution >= 0.6 is 11.6 Å². The highest BCUT2D eigenvalue weighted by Gasteiger charge is 2.06. The first-order valence-corrected chi connectivity index (χ1v) is 6.63. The third kappa shape index (κ3) is 4.57. The summed E-state index contributed by atoms with van der Waals surface area (Å²) in [6.07, 6.45) is 2.01. The molecule has 3 heteroatoms. The molecule has 17 heavy (non-hydrogen) atoms. The van der Waals surface area contributed by atoms with Crippen LogP contribution in [0.2, 0.25) is 0 Å². The van der Waals surface area contributed by atoms with Crippen molar-refractivity contribution in [2.45, 2.75) is 26.7 Å². The molecule has 0 bridgehead atoms. The molecule has 96 valence electrons. The second-order valence-corrected chi connectivity index (χ2v) is 4.69. The standard InChI is InChI=1S/C14H22ClNO/c1-11-9-12(2)14(17-3)13(10-11)5-8-16-7-4-6-15/h9-10,16H,4-8H2,1-3H3. The maximum Gasteiger partial charge on any atom is 0.125 e. The Balaban J connectivity index is 2.57. The molecule has 0 saturated carbocycles. The van der Waals surface area contributed by atoms with Crippen LogP contribution < -0.4 is 10.1 Å². The van der Waals surface area contributed by atoms with Gasteiger partial charge in [0.05, 0.1) is 7.11 Å². The number of benzene rings is 1. The van der Waals surface area contributed by atoms with Crippen LogP contribution in [0.1, 0.15) is 23.1 Å². The van der Waals surface area contributed by atoms with Crippen LogP contribution in [-0.4, -0.2) is 26.1 Å². The van der Waals surface area contributed by atoms with Gasteiger partial charge < -0.3 is 10.1 Å². The van der Waals surface area contributed by atoms with Crippen LogP contribution in [-0.2, 0) is 6.42 Å². The van der Waals surface area contributed by atoms with Gasteiger partial charge in [0, 0.05) is 5.88 Å². The predicted molar refractivity (Wildman–Crippen MR) is 74.4 cm³/mol. The number of aryl methyl sites for hydroxylation is 2. The van der Waals surface area contributed by atoms with Gasteiger partial charge in [0.25, 0.3) is 0 Å². The van der Waals surface area contributed by atoms with Crippen molar-refractivity contribution in [2.75, 3.05) is 26.1 Å². The fourth-order valence-corrected chi connectivity index (χ4v) is 2.19. The maximum atomic E-state index is 5.63. The molecule has 0 fully saturated rings. The van der Waals surface area contributed by atoms with Gasteiger partial charge in [-0.15, -0.1) is 11.6 Å². The Hall–Kier alpha value is -0.730. The van der Waals surface area contributed by atoms with Gasteiger partial charge in [-0.05, 0) is 50.9 Å². The van der Waals surface area contributed by atoms with Crippen molar-refractivity contribution >= 4 is 11.6 Å². The topological polar surface area (TPSA) is 21.3 Å². The highest BCUT2D eigenvalue weighted by molar-refractivity contribution is 6.17. The second kappa shape index (κ2) is 7.57. The molecule has 0 aliphatic carbocycles. The number of alkyl halides is 1. The van der Waals surface area contributed by atoms with Crippen molar-refractivity contribution in [3.05, 3.63) is 28.8 Å². The molecular formula is C14H22ClNO. The van der Waals surface area contributed by atoms with E-state index in [1.165, 1.54) is 16.7 Å². The van der Waals surface area contributed by atoms with E-state index in [0.29, 0.717) is 0 Å². The summed E-state index contributed by atoms with van der Waals surface area (Å²) in [5.74, 6) is 1.75. The predicted octanol–water partition coefficient (Wildman–Crippen LogP) is 3.07. The van der Waals surface area contributed by atoms with Gasteiger partial charge in [-0.2, -0.15) is 0 Å². The lowest BCUT2D eigenvalue weighted by atomic mass is 10.0. The first kappa shape index (κ1) is 14.3. The van der Waals surface area contributed by atoms with Crippen LogP contribution in [0.5, 0.6) is 5.75 Å². The number of ether oxygens (including phenoxy) is 1. The van der Waals surface area contributed by atoms with Gasteiger partial charge in [-0.1, -0.05) is 17.7 Å². The molecule has 0 unspecified atom stereocenters. The lowest BCUT2D eigenvalue weighted by Crippen LogP contribution is -2.19. The lowest BCUT2D eigenvalue weighted by Gasteiger charge is -2.13. The molecule has 0 radical (unpaired) electrons. The molecule has 0 spiro atoms. The molecule has 2 nitrogen and oxygen atoms in total. The molecule has 1 rings (SSSR count). The Bertz CT molecular complexity index is 352. The Morgan fingerprint density at radius 1 is 1.24 bits per heavy atom. The molecular weight excluding hydrogens is 234 g/mol. The van der Waals surface area contributed by atoms with Crippen LogP contribution in [0.25, 0.3) is 0 Å². The third-order valence-electron chi connectivity index (χ3n) is 2.76. The summed E-state index contributed by atoms with van der Waals surface area (Å²) in [6, 6.07) is 4.36. The zero-order chi connectivity index (χ0) is 12.7. The van der Waals surface area contributed by atoms with Gasteiger partial charge >= 0.3 is 0 Å². The molecule has 1 aromatic carbocycles. The minimum absolute atomic E-state index is 0.722. The van der Waals surface area contributed by atoms with Gasteiger partial charge in [0.1, 0.15) is 5.75 Å². The first-order valence-electron chi connectivity index (χ1n) is 6.09. The Morgan fingerprint density at radius 3 is 2.65 bits per heavy atom. The average molecular weight is 256 g/mol. The van der Waals surface area contributed by atoms with Gasteiger partial charge in [-0.3, -0.25) is 0 Å². The number of hydrogen-bond acceptors (Lipinski definition) is 2. The maximum absolute atomic E-state index is 5.63. The van der Waals surface area contributed by atoms with E-state index in [1.807, 2.05) is 0 Å². The van der Waals surface area contributed by atoms with E-state index in [9.17, 15) is 0 Å². The number of rotatable bonds is 7. The fraction of sp³-hybridized carbons (Fsp3) is 0.571. The number of hydrogen-bond donors (Lipinski definition) is 1. The van der Waals surface area contributed by atoms with Gasteiger partial charge in [0.2, 0.25) is 0 Å². The Labute approximate surface area is 109 Å². The summed E-state index contributed by atoms with van der Waals surface area (Å²) >= 11 is 5.63. The quantitative estimate of drug-likeness (QED) is 0.597. The Morgan fingerprint density at radius 2 is 2.00 bits per heavy atom. The van der Waals surface area contributed by atoms with Gasteiger partial charge in [-0.25, -0.2) is 0 Å². The third-order valence-corrected chi connectivity index (χ3v) is 3.03. The highest BCUT2D eigenvalue weighted by atomic mass is 35.5. The van der Waals surface area contributed by atoms with E-state index >= 15 is 0 Å². The van der Waals surface area contributed by atoms with Crippen LogP contribution in [0.3, 0.4) is 0 Å². The summed E-state index contributed by atoms with van der Waals surface area (Å²) in [7, 11) is 1.74. The molecule has 0 aliphatic rings. The molecule has 0 aliphatic heterocycles. The van der Waals surface area contributed by atoms with Crippen molar-refractivity contribution < 1.29 is 4.74 Å². The van der Waals surface area contributed by atoms with E-state index in [1.54, 1.807) is 7.11 Å². The minimum atomic E-state index is 0.722. The largest absolute Gasteiger partial charge is 0.496 e. The van der Waals surface area contributed by atoms with Crippen molar-refractivity contribution in [1.82, 2.24) is 5.32 Å². The van der Waals surface area contributed by atoms with Crippen LogP contribution in [0, 0.1) is 13.8 Å². The smallest absolute Gasteiger partial charge is 0.125 e. The fourth-order valence-electron chi connectivity index (χ4n) is 2.06. The zero-order valence-corrected chi connectivity index (χ0v) is 11.7. The summed E-state index contributed by atoms with van der Waals surface area (Å²) in [5.41, 5.74) is 3.78. The summed E-state index contributed by atoms with van der Waals surface area (Å²) in [6.45, 7) is 6.17. The van der Waals surface area contributed by atoms with Crippen molar-refractivity contribution in [3.63, 3.8) is 0 Å². The second-order valence-electron chi connectivity index (χ2n) is 4.32. The molecule has 0 aromatic heterocycles. The molecule has 0 heterocycles. The highest BCUT2D eigenvalue weighted by Crippen LogP contribution is 2.25. The number of nitrogens with one attached hydrogen (secondary N) is 1. The average Bonchev–Trinajstić information content (AvgIpc) is 2.28. The van der Waals surface area contributed by atoms with Crippen LogP contribution in [0.15, 0.2) is 12.1 Å². The van der Waals surface area contributed by atoms with Crippen molar-refractivity contribution in [3.8, 4) is 5.75 Å². The van der Waals surface area contributed by atoms with E-state index in [4.69, 9.17) is 16.3 Å². The minimum Gasteiger partial charge on any atom is -0.496 e. The van der Waals surface area contributed by atoms with Gasteiger partial charge in [0.15, 0.2) is 0 Å². The molecule has 1 N–H and O–H groups in total. The molecule has 1 aromatic rings. The van der Waals surface area contributed by atoms with Crippen LogP contribution in [0.4, 0.5) is 0 Å². The monoisotopic (exact) mass is 255 g/mol. The molecule has 0 saturated heterocycles. The first-order chi connectivity index (χ1) is 8.19. The van der Waals surface area contributed by atoms with E-state index in [-0.39, 0.29) is 0 Å². The number of methoxy groups -OCH3 is 1. The zero-order valence-electron chi connectivity index (χ0n) is 11.0. The SMILES string of the molecule is COc1c(C)cc(C)cc1CCNCCCCl. The van der Waals surface area contributed by atoms with Crippen molar-refractivity contribution in [1.29, 1.82) is 0 Å². The Kier molecular flexibility index (Phi) is 6.38. The van der Waals surface area contributed by atoms with E-state index in [2.05, 4.69) is 31.3 Å². The molecule has 0 atom stereocenters.